The SMILES string of the molecule is COC(=O)[C@@H]1C[C@@](C)(c2cc(B3OC(C)(C)C(C)(C)O3)ccc2F)N/C(=N/[C@@H](OCC[Si](C)(C)C)C(=O)OC(C)(C)C)S1. The fourth-order valence-electron chi connectivity index (χ4n) is 4.55. The lowest BCUT2D eigenvalue weighted by atomic mass is 9.75. The summed E-state index contributed by atoms with van der Waals surface area (Å²) in [5.74, 6) is -1.60. The Balaban J connectivity index is 2.01. The molecule has 2 fully saturated rings. The highest BCUT2D eigenvalue weighted by Crippen LogP contribution is 2.39. The molecule has 0 bridgehead atoms. The Bertz CT molecular complexity index is 1220. The second kappa shape index (κ2) is 12.8. The van der Waals surface area contributed by atoms with Crippen LogP contribution in [0, 0.1) is 5.82 Å². The van der Waals surface area contributed by atoms with Crippen LogP contribution in [-0.2, 0) is 38.6 Å². The minimum Gasteiger partial charge on any atom is -0.468 e. The van der Waals surface area contributed by atoms with Crippen LogP contribution in [0.2, 0.25) is 25.7 Å². The number of halogens is 1. The normalized spacial score (nSPS) is 25.3. The molecular weight excluding hydrogens is 590 g/mol. The van der Waals surface area contributed by atoms with Gasteiger partial charge < -0.3 is 28.8 Å². The van der Waals surface area contributed by atoms with Crippen LogP contribution in [-0.4, -0.2) is 74.3 Å². The maximum atomic E-state index is 15.6. The quantitative estimate of drug-likeness (QED) is 0.296. The highest BCUT2D eigenvalue weighted by molar-refractivity contribution is 8.15. The smallest absolute Gasteiger partial charge is 0.468 e. The first kappa shape index (κ1) is 35.5. The van der Waals surface area contributed by atoms with Gasteiger partial charge in [0, 0.05) is 20.2 Å². The Morgan fingerprint density at radius 1 is 1.16 bits per heavy atom. The maximum absolute atomic E-state index is 15.6. The number of thioether (sulfide) groups is 1. The molecule has 0 saturated carbocycles. The van der Waals surface area contributed by atoms with E-state index < -0.39 is 66.8 Å². The van der Waals surface area contributed by atoms with Crippen molar-refractivity contribution in [2.24, 2.45) is 4.99 Å². The minimum atomic E-state index is -1.47. The molecule has 2 heterocycles. The van der Waals surface area contributed by atoms with Gasteiger partial charge in [0.2, 0.25) is 6.23 Å². The first-order chi connectivity index (χ1) is 19.6. The first-order valence-electron chi connectivity index (χ1n) is 14.7. The molecule has 3 rings (SSSR count). The van der Waals surface area contributed by atoms with Gasteiger partial charge in [0.15, 0.2) is 5.17 Å². The first-order valence-corrected chi connectivity index (χ1v) is 19.2. The van der Waals surface area contributed by atoms with E-state index in [1.807, 2.05) is 27.7 Å². The third-order valence-electron chi connectivity index (χ3n) is 7.78. The monoisotopic (exact) mass is 638 g/mol. The van der Waals surface area contributed by atoms with Gasteiger partial charge in [-0.05, 0) is 79.4 Å². The average molecular weight is 639 g/mol. The highest BCUT2D eigenvalue weighted by Gasteiger charge is 2.52. The molecule has 0 unspecified atom stereocenters. The lowest BCUT2D eigenvalue weighted by molar-refractivity contribution is -0.167. The molecule has 2 aliphatic rings. The van der Waals surface area contributed by atoms with Gasteiger partial charge in [0.1, 0.15) is 16.7 Å². The molecule has 0 aliphatic carbocycles. The second-order valence-corrected chi connectivity index (χ2v) is 21.4. The van der Waals surface area contributed by atoms with E-state index in [0.717, 1.165) is 17.8 Å². The van der Waals surface area contributed by atoms with E-state index in [1.54, 1.807) is 39.8 Å². The highest BCUT2D eigenvalue weighted by atomic mass is 32.2. The standard InChI is InChI=1S/C30H48BFN2O7SSi/c1-27(2,3)39-25(36)23(38-15-16-43(10,11)12)33-26-34-30(8,18-22(42-26)24(35)37-9)20-17-19(13-14-21(20)32)31-40-28(4,5)29(6,7)41-31/h13-14,17,22-23H,15-16,18H2,1-12H3,(H,33,34)/t22-,23-,30-/m0/s1. The molecule has 3 atom stereocenters. The molecule has 0 spiro atoms. The van der Waals surface area contributed by atoms with Crippen molar-refractivity contribution in [3.63, 3.8) is 0 Å². The molecule has 1 aromatic rings. The molecule has 0 radical (unpaired) electrons. The Kier molecular flexibility index (Phi) is 10.6. The average Bonchev–Trinajstić information content (AvgIpc) is 3.07. The van der Waals surface area contributed by atoms with E-state index in [0.29, 0.717) is 17.6 Å². The molecule has 2 aliphatic heterocycles. The van der Waals surface area contributed by atoms with Crippen molar-refractivity contribution in [3.05, 3.63) is 29.6 Å². The lowest BCUT2D eigenvalue weighted by Gasteiger charge is -2.40. The number of carbonyl (C=O) groups excluding carboxylic acids is 2. The largest absolute Gasteiger partial charge is 0.494 e. The molecule has 0 amide bonds. The van der Waals surface area contributed by atoms with Gasteiger partial charge in [0.05, 0.1) is 23.9 Å². The van der Waals surface area contributed by atoms with E-state index in [4.69, 9.17) is 23.5 Å². The van der Waals surface area contributed by atoms with Crippen LogP contribution < -0.4 is 10.8 Å². The summed E-state index contributed by atoms with van der Waals surface area (Å²) in [5.41, 5.74) is -2.06. The van der Waals surface area contributed by atoms with Gasteiger partial charge in [-0.15, -0.1) is 0 Å². The van der Waals surface area contributed by atoms with Crippen LogP contribution in [0.4, 0.5) is 4.39 Å². The Hall–Kier alpha value is -1.93. The van der Waals surface area contributed by atoms with Gasteiger partial charge in [-0.25, -0.2) is 14.2 Å². The maximum Gasteiger partial charge on any atom is 0.494 e. The number of benzene rings is 1. The molecule has 240 valence electrons. The van der Waals surface area contributed by atoms with Crippen LogP contribution >= 0.6 is 11.8 Å². The number of nitrogens with zero attached hydrogens (tertiary/aromatic N) is 1. The van der Waals surface area contributed by atoms with Gasteiger partial charge in [-0.1, -0.05) is 43.5 Å². The van der Waals surface area contributed by atoms with Gasteiger partial charge in [-0.2, -0.15) is 0 Å². The summed E-state index contributed by atoms with van der Waals surface area (Å²) >= 11 is 1.11. The molecule has 0 aromatic heterocycles. The predicted molar refractivity (Wildman–Crippen MR) is 172 cm³/mol. The Morgan fingerprint density at radius 2 is 1.77 bits per heavy atom. The van der Waals surface area contributed by atoms with Crippen LogP contribution in [0.5, 0.6) is 0 Å². The summed E-state index contributed by atoms with van der Waals surface area (Å²) in [7, 11) is -0.862. The van der Waals surface area contributed by atoms with Crippen LogP contribution in [0.3, 0.4) is 0 Å². The van der Waals surface area contributed by atoms with Crippen molar-refractivity contribution >= 4 is 49.5 Å². The number of rotatable bonds is 9. The number of ether oxygens (including phenoxy) is 3. The van der Waals surface area contributed by atoms with E-state index in [2.05, 4.69) is 30.0 Å². The zero-order valence-electron chi connectivity index (χ0n) is 27.7. The number of methoxy groups -OCH3 is 1. The van der Waals surface area contributed by atoms with E-state index in [1.165, 1.54) is 13.2 Å². The van der Waals surface area contributed by atoms with Crippen molar-refractivity contribution < 1.29 is 37.5 Å². The molecular formula is C30H48BFN2O7SSi. The predicted octanol–water partition coefficient (Wildman–Crippen LogP) is 4.99. The summed E-state index contributed by atoms with van der Waals surface area (Å²) in [6.07, 6.45) is -1.08. The van der Waals surface area contributed by atoms with Gasteiger partial charge >= 0.3 is 19.1 Å². The molecule has 43 heavy (non-hydrogen) atoms. The summed E-state index contributed by atoms with van der Waals surface area (Å²) < 4.78 is 44.7. The minimum absolute atomic E-state index is 0.195. The van der Waals surface area contributed by atoms with E-state index in [9.17, 15) is 9.59 Å². The molecule has 9 nitrogen and oxygen atoms in total. The number of carbonyl (C=O) groups is 2. The number of hydrogen-bond acceptors (Lipinski definition) is 9. The number of amidine groups is 1. The zero-order valence-corrected chi connectivity index (χ0v) is 29.5. The summed E-state index contributed by atoms with van der Waals surface area (Å²) in [6, 6.07) is 5.52. The topological polar surface area (TPSA) is 105 Å². The van der Waals surface area contributed by atoms with Crippen LogP contribution in [0.1, 0.15) is 67.4 Å². The van der Waals surface area contributed by atoms with Gasteiger partial charge in [0.25, 0.3) is 0 Å². The number of aliphatic imine (C=N–C) groups is 1. The van der Waals surface area contributed by atoms with Crippen molar-refractivity contribution in [1.82, 2.24) is 5.32 Å². The Morgan fingerprint density at radius 3 is 2.30 bits per heavy atom. The van der Waals surface area contributed by atoms with Crippen molar-refractivity contribution in [2.75, 3.05) is 13.7 Å². The molecule has 2 saturated heterocycles. The van der Waals surface area contributed by atoms with Crippen molar-refractivity contribution in [2.45, 2.75) is 121 Å². The van der Waals surface area contributed by atoms with E-state index >= 15 is 4.39 Å². The number of esters is 2. The third-order valence-corrected chi connectivity index (χ3v) is 10.6. The number of hydrogen-bond donors (Lipinski definition) is 1. The van der Waals surface area contributed by atoms with Crippen molar-refractivity contribution in [3.8, 4) is 0 Å². The lowest BCUT2D eigenvalue weighted by Crippen LogP contribution is -2.52. The van der Waals surface area contributed by atoms with Crippen molar-refractivity contribution in [1.29, 1.82) is 0 Å². The molecule has 1 aromatic carbocycles. The fourth-order valence-corrected chi connectivity index (χ4v) is 6.60. The summed E-state index contributed by atoms with van der Waals surface area (Å²) in [6.45, 7) is 21.9. The molecule has 1 N–H and O–H groups in total. The summed E-state index contributed by atoms with van der Waals surface area (Å²) in [4.78, 5) is 30.6. The van der Waals surface area contributed by atoms with E-state index in [-0.39, 0.29) is 11.6 Å². The number of nitrogens with one attached hydrogen (secondary N) is 1. The fraction of sp³-hybridized carbons (Fsp3) is 0.700. The van der Waals surface area contributed by atoms with Crippen LogP contribution in [0.15, 0.2) is 23.2 Å². The zero-order chi connectivity index (χ0) is 32.6. The van der Waals surface area contributed by atoms with Gasteiger partial charge in [-0.3, -0.25) is 4.79 Å². The second-order valence-electron chi connectivity index (χ2n) is 14.6. The molecule has 13 heteroatoms. The Labute approximate surface area is 261 Å². The third kappa shape index (κ3) is 9.06. The summed E-state index contributed by atoms with van der Waals surface area (Å²) in [5, 5.41) is 2.82. The van der Waals surface area contributed by atoms with Crippen LogP contribution in [0.25, 0.3) is 0 Å².